The van der Waals surface area contributed by atoms with Crippen LogP contribution in [0.2, 0.25) is 0 Å². The van der Waals surface area contributed by atoms with Gasteiger partial charge in [-0.15, -0.1) is 0 Å². The van der Waals surface area contributed by atoms with Crippen LogP contribution in [0.25, 0.3) is 0 Å². The number of benzene rings is 1. The molecule has 0 aliphatic heterocycles. The maximum absolute atomic E-state index is 13.0. The molecule has 2 rings (SSSR count). The fraction of sp³-hybridized carbons (Fsp3) is 0.353. The molecule has 0 unspecified atom stereocenters. The molecule has 0 radical (unpaired) electrons. The second kappa shape index (κ2) is 8.23. The Labute approximate surface area is 143 Å². The highest BCUT2D eigenvalue weighted by Gasteiger charge is 2.25. The van der Waals surface area contributed by atoms with Crippen LogP contribution in [0.1, 0.15) is 11.1 Å². The van der Waals surface area contributed by atoms with Crippen LogP contribution in [0.5, 0.6) is 5.75 Å². The molecule has 0 fully saturated rings. The number of hydrogen-bond donors (Lipinski definition) is 0. The lowest BCUT2D eigenvalue weighted by Gasteiger charge is -2.22. The molecule has 7 heteroatoms. The molecule has 24 heavy (non-hydrogen) atoms. The van der Waals surface area contributed by atoms with Crippen LogP contribution < -0.4 is 4.74 Å². The average Bonchev–Trinajstić information content (AvgIpc) is 2.59. The lowest BCUT2D eigenvalue weighted by atomic mass is 10.2. The van der Waals surface area contributed by atoms with Gasteiger partial charge < -0.3 is 9.47 Å². The molecule has 0 saturated carbocycles. The topological polar surface area (TPSA) is 68.7 Å². The molecule has 6 nitrogen and oxygen atoms in total. The van der Waals surface area contributed by atoms with Crippen LogP contribution in [-0.4, -0.2) is 45.1 Å². The van der Waals surface area contributed by atoms with E-state index in [4.69, 9.17) is 9.47 Å². The number of methoxy groups -OCH3 is 2. The first kappa shape index (κ1) is 18.4. The fourth-order valence-electron chi connectivity index (χ4n) is 2.33. The Kier molecular flexibility index (Phi) is 6.30. The molecule has 0 aliphatic carbocycles. The van der Waals surface area contributed by atoms with Gasteiger partial charge >= 0.3 is 0 Å². The summed E-state index contributed by atoms with van der Waals surface area (Å²) in [4.78, 5) is 4.20. The summed E-state index contributed by atoms with van der Waals surface area (Å²) < 4.78 is 37.7. The Morgan fingerprint density at radius 2 is 1.83 bits per heavy atom. The van der Waals surface area contributed by atoms with E-state index in [9.17, 15) is 8.42 Å². The van der Waals surface area contributed by atoms with Crippen molar-refractivity contribution >= 4 is 10.0 Å². The maximum atomic E-state index is 13.0. The van der Waals surface area contributed by atoms with Crippen molar-refractivity contribution < 1.29 is 17.9 Å². The van der Waals surface area contributed by atoms with Crippen molar-refractivity contribution in [2.45, 2.75) is 18.4 Å². The number of hydrogen-bond acceptors (Lipinski definition) is 5. The third kappa shape index (κ3) is 4.31. The van der Waals surface area contributed by atoms with E-state index in [0.717, 1.165) is 11.1 Å². The lowest BCUT2D eigenvalue weighted by Crippen LogP contribution is -2.33. The van der Waals surface area contributed by atoms with Gasteiger partial charge in [0.15, 0.2) is 0 Å². The third-order valence-corrected chi connectivity index (χ3v) is 5.50. The number of ether oxygens (including phenoxy) is 2. The lowest BCUT2D eigenvalue weighted by molar-refractivity contribution is 0.177. The fourth-order valence-corrected chi connectivity index (χ4v) is 3.83. The normalized spacial score (nSPS) is 11.7. The Morgan fingerprint density at radius 1 is 1.12 bits per heavy atom. The van der Waals surface area contributed by atoms with Crippen molar-refractivity contribution in [3.05, 3.63) is 53.9 Å². The summed E-state index contributed by atoms with van der Waals surface area (Å²) in [6.45, 7) is 2.67. The molecule has 2 aromatic rings. The highest BCUT2D eigenvalue weighted by Crippen LogP contribution is 2.24. The largest absolute Gasteiger partial charge is 0.496 e. The predicted octanol–water partition coefficient (Wildman–Crippen LogP) is 2.24. The van der Waals surface area contributed by atoms with E-state index in [-0.39, 0.29) is 18.0 Å². The first-order valence-electron chi connectivity index (χ1n) is 7.51. The minimum atomic E-state index is -3.64. The molecule has 0 amide bonds. The van der Waals surface area contributed by atoms with E-state index in [0.29, 0.717) is 12.4 Å². The zero-order chi connectivity index (χ0) is 17.6. The smallest absolute Gasteiger partial charge is 0.243 e. The van der Waals surface area contributed by atoms with Crippen LogP contribution in [-0.2, 0) is 21.3 Å². The van der Waals surface area contributed by atoms with E-state index in [2.05, 4.69) is 4.98 Å². The Hall–Kier alpha value is -1.96. The van der Waals surface area contributed by atoms with Crippen molar-refractivity contribution in [1.82, 2.24) is 9.29 Å². The summed E-state index contributed by atoms with van der Waals surface area (Å²) in [6.07, 6.45) is 3.29. The van der Waals surface area contributed by atoms with Crippen molar-refractivity contribution in [3.8, 4) is 5.75 Å². The number of pyridine rings is 1. The van der Waals surface area contributed by atoms with Crippen LogP contribution in [0.4, 0.5) is 0 Å². The molecule has 0 bridgehead atoms. The van der Waals surface area contributed by atoms with E-state index in [1.165, 1.54) is 4.31 Å². The Bertz CT molecular complexity index is 763. The van der Waals surface area contributed by atoms with Crippen LogP contribution in [0, 0.1) is 6.92 Å². The summed E-state index contributed by atoms with van der Waals surface area (Å²) in [5, 5.41) is 0. The van der Waals surface area contributed by atoms with E-state index in [1.54, 1.807) is 56.9 Å². The van der Waals surface area contributed by atoms with E-state index in [1.807, 2.05) is 6.92 Å². The zero-order valence-electron chi connectivity index (χ0n) is 14.1. The third-order valence-electron chi connectivity index (χ3n) is 3.66. The molecular weight excluding hydrogens is 328 g/mol. The average molecular weight is 350 g/mol. The monoisotopic (exact) mass is 350 g/mol. The highest BCUT2D eigenvalue weighted by molar-refractivity contribution is 7.89. The quantitative estimate of drug-likeness (QED) is 0.730. The summed E-state index contributed by atoms with van der Waals surface area (Å²) in [5.74, 6) is 0.659. The van der Waals surface area contributed by atoms with E-state index < -0.39 is 10.0 Å². The van der Waals surface area contributed by atoms with Crippen molar-refractivity contribution in [2.75, 3.05) is 27.4 Å². The number of rotatable bonds is 8. The van der Waals surface area contributed by atoms with E-state index >= 15 is 0 Å². The molecule has 0 spiro atoms. The summed E-state index contributed by atoms with van der Waals surface area (Å²) >= 11 is 0. The Morgan fingerprint density at radius 3 is 2.42 bits per heavy atom. The molecule has 0 aliphatic rings. The summed E-state index contributed by atoms with van der Waals surface area (Å²) in [7, 11) is -0.531. The first-order chi connectivity index (χ1) is 11.5. The van der Waals surface area contributed by atoms with Crippen LogP contribution in [0.3, 0.4) is 0 Å². The maximum Gasteiger partial charge on any atom is 0.243 e. The number of nitrogens with zero attached hydrogens (tertiary/aromatic N) is 2. The highest BCUT2D eigenvalue weighted by atomic mass is 32.2. The van der Waals surface area contributed by atoms with Gasteiger partial charge in [0.25, 0.3) is 0 Å². The second-order valence-corrected chi connectivity index (χ2v) is 7.26. The van der Waals surface area contributed by atoms with Crippen molar-refractivity contribution in [2.24, 2.45) is 0 Å². The van der Waals surface area contributed by atoms with Crippen molar-refractivity contribution in [3.63, 3.8) is 0 Å². The molecule has 1 heterocycles. The number of sulfonamides is 1. The minimum Gasteiger partial charge on any atom is -0.496 e. The summed E-state index contributed by atoms with van der Waals surface area (Å²) in [6, 6.07) is 8.46. The SMILES string of the molecule is COCCN(Cc1ccncc1)S(=O)(=O)c1ccc(OC)c(C)c1. The molecule has 1 aromatic heterocycles. The van der Waals surface area contributed by atoms with Gasteiger partial charge in [-0.3, -0.25) is 4.98 Å². The predicted molar refractivity (Wildman–Crippen MR) is 91.4 cm³/mol. The minimum absolute atomic E-state index is 0.242. The van der Waals surface area contributed by atoms with Gasteiger partial charge in [0.1, 0.15) is 5.75 Å². The van der Waals surface area contributed by atoms with Crippen molar-refractivity contribution in [1.29, 1.82) is 0 Å². The summed E-state index contributed by atoms with van der Waals surface area (Å²) in [5.41, 5.74) is 1.64. The molecular formula is C17H22N2O4S. The molecule has 1 aromatic carbocycles. The van der Waals surface area contributed by atoms with Gasteiger partial charge in [0, 0.05) is 32.6 Å². The van der Waals surface area contributed by atoms with Gasteiger partial charge in [-0.25, -0.2) is 8.42 Å². The van der Waals surface area contributed by atoms with Gasteiger partial charge in [-0.1, -0.05) is 0 Å². The molecule has 0 saturated heterocycles. The first-order valence-corrected chi connectivity index (χ1v) is 8.95. The molecule has 130 valence electrons. The number of aromatic nitrogens is 1. The Balaban J connectivity index is 2.34. The van der Waals surface area contributed by atoms with Gasteiger partial charge in [0.05, 0.1) is 18.6 Å². The molecule has 0 atom stereocenters. The van der Waals surface area contributed by atoms with Gasteiger partial charge in [0.2, 0.25) is 10.0 Å². The standard InChI is InChI=1S/C17H22N2O4S/c1-14-12-16(4-5-17(14)23-3)24(20,21)19(10-11-22-2)13-15-6-8-18-9-7-15/h4-9,12H,10-11,13H2,1-3H3. The second-order valence-electron chi connectivity index (χ2n) is 5.32. The van der Waals surface area contributed by atoms with Gasteiger partial charge in [-0.05, 0) is 48.4 Å². The van der Waals surface area contributed by atoms with Crippen LogP contribution in [0.15, 0.2) is 47.6 Å². The van der Waals surface area contributed by atoms with Gasteiger partial charge in [-0.2, -0.15) is 4.31 Å². The zero-order valence-corrected chi connectivity index (χ0v) is 14.9. The molecule has 0 N–H and O–H groups in total. The van der Waals surface area contributed by atoms with Crippen LogP contribution >= 0.6 is 0 Å². The number of aryl methyl sites for hydroxylation is 1.